The Bertz CT molecular complexity index is 492. The Morgan fingerprint density at radius 1 is 1.18 bits per heavy atom. The molecular formula is C14H15NO2. The van der Waals surface area contributed by atoms with Crippen molar-refractivity contribution in [3.63, 3.8) is 0 Å². The van der Waals surface area contributed by atoms with Gasteiger partial charge in [-0.3, -0.25) is 4.98 Å². The third kappa shape index (κ3) is 2.82. The summed E-state index contributed by atoms with van der Waals surface area (Å²) in [7, 11) is 0. The van der Waals surface area contributed by atoms with Crippen LogP contribution in [0.25, 0.3) is 0 Å². The maximum Gasteiger partial charge on any atom is 0.145 e. The number of aryl methyl sites for hydroxylation is 1. The van der Waals surface area contributed by atoms with Gasteiger partial charge in [0.1, 0.15) is 11.5 Å². The molecule has 1 N–H and O–H groups in total. The van der Waals surface area contributed by atoms with Gasteiger partial charge in [0.05, 0.1) is 18.0 Å². The minimum Gasteiger partial charge on any atom is -0.455 e. The number of para-hydroxylation sites is 1. The van der Waals surface area contributed by atoms with Crippen LogP contribution in [0.1, 0.15) is 24.3 Å². The lowest BCUT2D eigenvalue weighted by Gasteiger charge is -2.09. The summed E-state index contributed by atoms with van der Waals surface area (Å²) in [5, 5.41) is 9.35. The SMILES string of the molecule is Cc1ccccc1Oc1ccc([C@@H](C)O)nc1. The fourth-order valence-corrected chi connectivity index (χ4v) is 1.50. The van der Waals surface area contributed by atoms with Crippen LogP contribution in [0.5, 0.6) is 11.5 Å². The van der Waals surface area contributed by atoms with Gasteiger partial charge in [0, 0.05) is 0 Å². The number of pyridine rings is 1. The maximum absolute atomic E-state index is 9.35. The molecule has 2 aromatic rings. The van der Waals surface area contributed by atoms with E-state index in [-0.39, 0.29) is 0 Å². The lowest BCUT2D eigenvalue weighted by Crippen LogP contribution is -1.95. The van der Waals surface area contributed by atoms with Crippen LogP contribution in [0.4, 0.5) is 0 Å². The summed E-state index contributed by atoms with van der Waals surface area (Å²) in [6.07, 6.45) is 1.07. The largest absolute Gasteiger partial charge is 0.455 e. The molecule has 0 aliphatic carbocycles. The molecule has 3 heteroatoms. The van der Waals surface area contributed by atoms with E-state index in [9.17, 15) is 5.11 Å². The summed E-state index contributed by atoms with van der Waals surface area (Å²) in [5.74, 6) is 1.49. The van der Waals surface area contributed by atoms with E-state index in [0.717, 1.165) is 11.3 Å². The van der Waals surface area contributed by atoms with Crippen molar-refractivity contribution in [3.05, 3.63) is 53.9 Å². The first-order chi connectivity index (χ1) is 8.16. The molecule has 0 bridgehead atoms. The molecule has 1 atom stereocenters. The van der Waals surface area contributed by atoms with Crippen LogP contribution in [0.15, 0.2) is 42.6 Å². The van der Waals surface area contributed by atoms with Crippen LogP contribution in [-0.2, 0) is 0 Å². The Labute approximate surface area is 101 Å². The molecule has 0 fully saturated rings. The van der Waals surface area contributed by atoms with Crippen LogP contribution >= 0.6 is 0 Å². The highest BCUT2D eigenvalue weighted by Gasteiger charge is 2.04. The average Bonchev–Trinajstić information content (AvgIpc) is 2.33. The zero-order valence-electron chi connectivity index (χ0n) is 9.92. The third-order valence-corrected chi connectivity index (χ3v) is 2.51. The summed E-state index contributed by atoms with van der Waals surface area (Å²) in [5.41, 5.74) is 1.72. The lowest BCUT2D eigenvalue weighted by molar-refractivity contribution is 0.194. The molecule has 0 radical (unpaired) electrons. The van der Waals surface area contributed by atoms with Crippen LogP contribution in [0.2, 0.25) is 0 Å². The third-order valence-electron chi connectivity index (χ3n) is 2.51. The van der Waals surface area contributed by atoms with E-state index in [1.54, 1.807) is 19.2 Å². The zero-order valence-corrected chi connectivity index (χ0v) is 9.92. The van der Waals surface area contributed by atoms with Crippen LogP contribution in [-0.4, -0.2) is 10.1 Å². The van der Waals surface area contributed by atoms with E-state index >= 15 is 0 Å². The van der Waals surface area contributed by atoms with Crippen molar-refractivity contribution in [2.24, 2.45) is 0 Å². The van der Waals surface area contributed by atoms with E-state index < -0.39 is 6.10 Å². The standard InChI is InChI=1S/C14H15NO2/c1-10-5-3-4-6-14(10)17-12-7-8-13(11(2)16)15-9-12/h3-9,11,16H,1-2H3/t11-/m1/s1. The van der Waals surface area contributed by atoms with Gasteiger partial charge in [-0.2, -0.15) is 0 Å². The number of ether oxygens (including phenoxy) is 1. The molecule has 0 aliphatic rings. The van der Waals surface area contributed by atoms with Crippen molar-refractivity contribution in [2.45, 2.75) is 20.0 Å². The van der Waals surface area contributed by atoms with Gasteiger partial charge in [0.2, 0.25) is 0 Å². The second kappa shape index (κ2) is 4.97. The highest BCUT2D eigenvalue weighted by Crippen LogP contribution is 2.24. The minimum absolute atomic E-state index is 0.553. The molecule has 0 aliphatic heterocycles. The monoisotopic (exact) mass is 229 g/mol. The number of rotatable bonds is 3. The fraction of sp³-hybridized carbons (Fsp3) is 0.214. The summed E-state index contributed by atoms with van der Waals surface area (Å²) in [4.78, 5) is 4.13. The van der Waals surface area contributed by atoms with E-state index in [0.29, 0.717) is 11.4 Å². The summed E-state index contributed by atoms with van der Waals surface area (Å²) >= 11 is 0. The van der Waals surface area contributed by atoms with E-state index in [1.165, 1.54) is 0 Å². The molecule has 0 spiro atoms. The van der Waals surface area contributed by atoms with Gasteiger partial charge >= 0.3 is 0 Å². The average molecular weight is 229 g/mol. The van der Waals surface area contributed by atoms with Crippen LogP contribution in [0, 0.1) is 6.92 Å². The molecule has 0 saturated heterocycles. The summed E-state index contributed by atoms with van der Waals surface area (Å²) in [6, 6.07) is 11.4. The van der Waals surface area contributed by atoms with Crippen molar-refractivity contribution < 1.29 is 9.84 Å². The van der Waals surface area contributed by atoms with Gasteiger partial charge in [0.15, 0.2) is 0 Å². The molecule has 1 aromatic carbocycles. The predicted molar refractivity (Wildman–Crippen MR) is 66.1 cm³/mol. The minimum atomic E-state index is -0.553. The van der Waals surface area contributed by atoms with Gasteiger partial charge < -0.3 is 9.84 Å². The molecule has 1 aromatic heterocycles. The molecule has 2 rings (SSSR count). The lowest BCUT2D eigenvalue weighted by atomic mass is 10.2. The maximum atomic E-state index is 9.35. The Morgan fingerprint density at radius 2 is 1.94 bits per heavy atom. The number of aliphatic hydroxyl groups excluding tert-OH is 1. The molecule has 1 heterocycles. The first-order valence-corrected chi connectivity index (χ1v) is 5.54. The molecule has 17 heavy (non-hydrogen) atoms. The molecule has 0 amide bonds. The number of aliphatic hydroxyl groups is 1. The second-order valence-corrected chi connectivity index (χ2v) is 3.96. The van der Waals surface area contributed by atoms with E-state index in [1.807, 2.05) is 37.3 Å². The molecule has 3 nitrogen and oxygen atoms in total. The fourth-order valence-electron chi connectivity index (χ4n) is 1.50. The van der Waals surface area contributed by atoms with Gasteiger partial charge in [-0.1, -0.05) is 18.2 Å². The number of hydrogen-bond donors (Lipinski definition) is 1. The van der Waals surface area contributed by atoms with Crippen molar-refractivity contribution in [3.8, 4) is 11.5 Å². The highest BCUT2D eigenvalue weighted by atomic mass is 16.5. The Balaban J connectivity index is 2.17. The number of aromatic nitrogens is 1. The number of benzene rings is 1. The van der Waals surface area contributed by atoms with Gasteiger partial charge in [0.25, 0.3) is 0 Å². The van der Waals surface area contributed by atoms with E-state index in [2.05, 4.69) is 4.98 Å². The first-order valence-electron chi connectivity index (χ1n) is 5.54. The first kappa shape index (κ1) is 11.6. The van der Waals surface area contributed by atoms with Crippen LogP contribution in [0.3, 0.4) is 0 Å². The van der Waals surface area contributed by atoms with Crippen molar-refractivity contribution in [1.29, 1.82) is 0 Å². The second-order valence-electron chi connectivity index (χ2n) is 3.96. The predicted octanol–water partition coefficient (Wildman–Crippen LogP) is 3.24. The van der Waals surface area contributed by atoms with Gasteiger partial charge in [-0.15, -0.1) is 0 Å². The van der Waals surface area contributed by atoms with Crippen molar-refractivity contribution in [2.75, 3.05) is 0 Å². The normalized spacial score (nSPS) is 12.2. The zero-order chi connectivity index (χ0) is 12.3. The Morgan fingerprint density at radius 3 is 2.53 bits per heavy atom. The quantitative estimate of drug-likeness (QED) is 0.878. The molecule has 0 unspecified atom stereocenters. The smallest absolute Gasteiger partial charge is 0.145 e. The Hall–Kier alpha value is -1.87. The summed E-state index contributed by atoms with van der Waals surface area (Å²) in [6.45, 7) is 3.68. The van der Waals surface area contributed by atoms with Crippen molar-refractivity contribution >= 4 is 0 Å². The van der Waals surface area contributed by atoms with Gasteiger partial charge in [-0.05, 0) is 37.6 Å². The topological polar surface area (TPSA) is 42.4 Å². The number of hydrogen-bond acceptors (Lipinski definition) is 3. The van der Waals surface area contributed by atoms with Crippen molar-refractivity contribution in [1.82, 2.24) is 4.98 Å². The van der Waals surface area contributed by atoms with E-state index in [4.69, 9.17) is 4.74 Å². The molecular weight excluding hydrogens is 214 g/mol. The summed E-state index contributed by atoms with van der Waals surface area (Å²) < 4.78 is 5.70. The van der Waals surface area contributed by atoms with Crippen LogP contribution < -0.4 is 4.74 Å². The van der Waals surface area contributed by atoms with Gasteiger partial charge in [-0.25, -0.2) is 0 Å². The highest BCUT2D eigenvalue weighted by molar-refractivity contribution is 5.36. The number of nitrogens with zero attached hydrogens (tertiary/aromatic N) is 1. The Kier molecular flexibility index (Phi) is 3.40. The molecule has 88 valence electrons. The molecule has 0 saturated carbocycles.